The lowest BCUT2D eigenvalue weighted by molar-refractivity contribution is -0.163. The number of hydrogen-bond donors (Lipinski definition) is 1. The molecule has 1 aromatic rings. The van der Waals surface area contributed by atoms with Crippen LogP contribution in [-0.4, -0.2) is 75.7 Å². The average molecular weight is 525 g/mol. The van der Waals surface area contributed by atoms with E-state index in [2.05, 4.69) is 13.2 Å². The molecular formula is C30H40N2O6. The molecule has 0 radical (unpaired) electrons. The van der Waals surface area contributed by atoms with Crippen LogP contribution < -0.4 is 0 Å². The summed E-state index contributed by atoms with van der Waals surface area (Å²) in [5.74, 6) is -2.87. The number of unbranched alkanes of at least 4 members (excludes halogenated alkanes) is 1. The van der Waals surface area contributed by atoms with E-state index in [0.717, 1.165) is 5.56 Å². The van der Waals surface area contributed by atoms with Crippen LogP contribution in [0, 0.1) is 17.8 Å². The van der Waals surface area contributed by atoms with Gasteiger partial charge in [0.15, 0.2) is 0 Å². The van der Waals surface area contributed by atoms with Gasteiger partial charge >= 0.3 is 5.97 Å². The van der Waals surface area contributed by atoms with Crippen molar-refractivity contribution in [2.75, 3.05) is 19.8 Å². The van der Waals surface area contributed by atoms with Crippen molar-refractivity contribution in [2.45, 2.75) is 69.9 Å². The molecule has 2 bridgehead atoms. The Hall–Kier alpha value is -2.97. The summed E-state index contributed by atoms with van der Waals surface area (Å²) in [6.07, 6.45) is 5.24. The van der Waals surface area contributed by atoms with Crippen molar-refractivity contribution >= 4 is 17.8 Å². The first-order valence-electron chi connectivity index (χ1n) is 13.5. The molecule has 8 nitrogen and oxygen atoms in total. The van der Waals surface area contributed by atoms with Gasteiger partial charge in [-0.05, 0) is 44.6 Å². The van der Waals surface area contributed by atoms with Gasteiger partial charge in [-0.15, -0.1) is 13.2 Å². The number of likely N-dealkylation sites (tertiary alicyclic amines) is 1. The number of nitrogens with zero attached hydrogens (tertiary/aromatic N) is 2. The third-order valence-electron chi connectivity index (χ3n) is 8.65. The zero-order chi connectivity index (χ0) is 27.7. The van der Waals surface area contributed by atoms with Crippen LogP contribution in [0.1, 0.15) is 45.6 Å². The van der Waals surface area contributed by atoms with Crippen LogP contribution in [-0.2, 0) is 30.4 Å². The van der Waals surface area contributed by atoms with Crippen LogP contribution in [0.5, 0.6) is 0 Å². The van der Waals surface area contributed by atoms with Gasteiger partial charge in [0.25, 0.3) is 0 Å². The average Bonchev–Trinajstić information content (AvgIpc) is 3.42. The van der Waals surface area contributed by atoms with E-state index in [-0.39, 0.29) is 37.5 Å². The third kappa shape index (κ3) is 4.47. The zero-order valence-electron chi connectivity index (χ0n) is 22.7. The third-order valence-corrected chi connectivity index (χ3v) is 8.65. The maximum atomic E-state index is 14.4. The molecule has 3 saturated heterocycles. The fraction of sp³-hybridized carbons (Fsp3) is 0.567. The molecule has 38 heavy (non-hydrogen) atoms. The van der Waals surface area contributed by atoms with Gasteiger partial charge < -0.3 is 24.4 Å². The number of carbonyl (C=O) groups is 3. The molecule has 4 rings (SSSR count). The van der Waals surface area contributed by atoms with Crippen LogP contribution >= 0.6 is 0 Å². The predicted molar refractivity (Wildman–Crippen MR) is 143 cm³/mol. The van der Waals surface area contributed by atoms with Gasteiger partial charge in [-0.25, -0.2) is 0 Å². The Balaban J connectivity index is 1.73. The monoisotopic (exact) mass is 524 g/mol. The van der Waals surface area contributed by atoms with E-state index in [1.807, 2.05) is 44.2 Å². The molecule has 0 saturated carbocycles. The lowest BCUT2D eigenvalue weighted by Gasteiger charge is -2.38. The maximum absolute atomic E-state index is 14.4. The van der Waals surface area contributed by atoms with Crippen LogP contribution in [0.3, 0.4) is 0 Å². The summed E-state index contributed by atoms with van der Waals surface area (Å²) in [6.45, 7) is 13.6. The first-order valence-corrected chi connectivity index (χ1v) is 13.5. The van der Waals surface area contributed by atoms with E-state index in [1.165, 1.54) is 4.90 Å². The second-order valence-corrected chi connectivity index (χ2v) is 11.1. The SMILES string of the molecule is C=CCCCOC(=O)[C@@H]1[C@H]2C(=O)N([C@H](C)CO)C(C(=O)N(CC=C)Cc3ccccc3)C23CC(C)[C@@]1(C)O3. The second kappa shape index (κ2) is 11.0. The van der Waals surface area contributed by atoms with Gasteiger partial charge in [-0.3, -0.25) is 14.4 Å². The van der Waals surface area contributed by atoms with Crippen molar-refractivity contribution in [3.8, 4) is 0 Å². The molecule has 8 heteroatoms. The van der Waals surface area contributed by atoms with Crippen molar-refractivity contribution in [1.29, 1.82) is 0 Å². The highest BCUT2D eigenvalue weighted by Gasteiger charge is 2.80. The number of allylic oxidation sites excluding steroid dienone is 1. The van der Waals surface area contributed by atoms with Crippen molar-refractivity contribution in [3.05, 3.63) is 61.2 Å². The van der Waals surface area contributed by atoms with Crippen molar-refractivity contribution in [2.24, 2.45) is 17.8 Å². The topological polar surface area (TPSA) is 96.4 Å². The lowest BCUT2D eigenvalue weighted by Crippen LogP contribution is -2.58. The molecule has 0 aliphatic carbocycles. The number of aliphatic hydroxyl groups is 1. The first-order chi connectivity index (χ1) is 18.2. The summed E-state index contributed by atoms with van der Waals surface area (Å²) in [4.78, 5) is 45.1. The summed E-state index contributed by atoms with van der Waals surface area (Å²) in [7, 11) is 0. The summed E-state index contributed by atoms with van der Waals surface area (Å²) >= 11 is 0. The lowest BCUT2D eigenvalue weighted by atomic mass is 9.62. The molecule has 7 atom stereocenters. The van der Waals surface area contributed by atoms with Crippen LogP contribution in [0.15, 0.2) is 55.6 Å². The molecule has 2 amide bonds. The highest BCUT2D eigenvalue weighted by molar-refractivity contribution is 5.98. The summed E-state index contributed by atoms with van der Waals surface area (Å²) in [5, 5.41) is 10.1. The minimum Gasteiger partial charge on any atom is -0.465 e. The molecule has 1 spiro atoms. The number of fused-ring (bicyclic) bond motifs is 1. The fourth-order valence-electron chi connectivity index (χ4n) is 6.73. The zero-order valence-corrected chi connectivity index (χ0v) is 22.7. The van der Waals surface area contributed by atoms with E-state index in [0.29, 0.717) is 25.8 Å². The quantitative estimate of drug-likeness (QED) is 0.256. The summed E-state index contributed by atoms with van der Waals surface area (Å²) in [5.41, 5.74) is -1.18. The molecule has 206 valence electrons. The number of rotatable bonds is 12. The summed E-state index contributed by atoms with van der Waals surface area (Å²) < 4.78 is 12.4. The Morgan fingerprint density at radius 2 is 2.00 bits per heavy atom. The van der Waals surface area contributed by atoms with Crippen molar-refractivity contribution in [3.63, 3.8) is 0 Å². The molecule has 1 N–H and O–H groups in total. The molecule has 3 aliphatic heterocycles. The number of amides is 2. The molecule has 3 fully saturated rings. The number of carbonyl (C=O) groups excluding carboxylic acids is 3. The highest BCUT2D eigenvalue weighted by Crippen LogP contribution is 2.65. The molecule has 0 aromatic heterocycles. The van der Waals surface area contributed by atoms with Crippen LogP contribution in [0.2, 0.25) is 0 Å². The predicted octanol–water partition coefficient (Wildman–Crippen LogP) is 3.10. The van der Waals surface area contributed by atoms with Gasteiger partial charge in [-0.2, -0.15) is 0 Å². The van der Waals surface area contributed by atoms with Crippen LogP contribution in [0.25, 0.3) is 0 Å². The van der Waals surface area contributed by atoms with Crippen molar-refractivity contribution < 1.29 is 29.0 Å². The van der Waals surface area contributed by atoms with Gasteiger partial charge in [0.2, 0.25) is 11.8 Å². The second-order valence-electron chi connectivity index (χ2n) is 11.1. The maximum Gasteiger partial charge on any atom is 0.312 e. The Morgan fingerprint density at radius 1 is 1.29 bits per heavy atom. The first kappa shape index (κ1) is 28.0. The number of benzene rings is 1. The minimum atomic E-state index is -1.19. The summed E-state index contributed by atoms with van der Waals surface area (Å²) in [6, 6.07) is 8.01. The van der Waals surface area contributed by atoms with E-state index in [1.54, 1.807) is 24.0 Å². The molecule has 3 aliphatic rings. The van der Waals surface area contributed by atoms with Crippen molar-refractivity contribution in [1.82, 2.24) is 9.80 Å². The normalized spacial score (nSPS) is 32.1. The number of hydrogen-bond acceptors (Lipinski definition) is 6. The smallest absolute Gasteiger partial charge is 0.312 e. The van der Waals surface area contributed by atoms with Gasteiger partial charge in [0.05, 0.1) is 30.8 Å². The van der Waals surface area contributed by atoms with Crippen LogP contribution in [0.4, 0.5) is 0 Å². The van der Waals surface area contributed by atoms with E-state index < -0.39 is 41.1 Å². The van der Waals surface area contributed by atoms with E-state index >= 15 is 0 Å². The van der Waals surface area contributed by atoms with Gasteiger partial charge in [0.1, 0.15) is 17.6 Å². The van der Waals surface area contributed by atoms with Gasteiger partial charge in [0, 0.05) is 13.1 Å². The van der Waals surface area contributed by atoms with Gasteiger partial charge in [-0.1, -0.05) is 49.4 Å². The van der Waals surface area contributed by atoms with E-state index in [9.17, 15) is 19.5 Å². The Kier molecular flexibility index (Phi) is 8.14. The Labute approximate surface area is 225 Å². The number of aliphatic hydroxyl groups excluding tert-OH is 1. The minimum absolute atomic E-state index is 0.0843. The highest BCUT2D eigenvalue weighted by atomic mass is 16.6. The molecular weight excluding hydrogens is 484 g/mol. The molecule has 1 aromatic carbocycles. The number of esters is 1. The molecule has 3 heterocycles. The van der Waals surface area contributed by atoms with E-state index in [4.69, 9.17) is 9.47 Å². The standard InChI is InChI=1S/C30H40N2O6/c1-6-8-12-16-37-28(36)24-23-26(34)32(21(4)19-33)25(30(23)17-20(3)29(24,5)38-30)27(35)31(15-7-2)18-22-13-10-9-11-14-22/h6-7,9-11,13-14,20-21,23-25,33H,1-2,8,12,15-19H2,3-5H3/t20?,21-,23+,24+,25?,29-,30?/m1/s1. The largest absolute Gasteiger partial charge is 0.465 e. The Bertz CT molecular complexity index is 1080. The Morgan fingerprint density at radius 3 is 2.63 bits per heavy atom. The number of ether oxygens (including phenoxy) is 2. The molecule has 3 unspecified atom stereocenters. The fourth-order valence-corrected chi connectivity index (χ4v) is 6.73.